The fraction of sp³-hybridized carbons (Fsp3) is 0.481. The lowest BCUT2D eigenvalue weighted by atomic mass is 9.97. The van der Waals surface area contributed by atoms with Crippen molar-refractivity contribution in [3.8, 4) is 0 Å². The summed E-state index contributed by atoms with van der Waals surface area (Å²) in [6, 6.07) is 11.6. The highest BCUT2D eigenvalue weighted by molar-refractivity contribution is 6.08. The summed E-state index contributed by atoms with van der Waals surface area (Å²) in [5.41, 5.74) is 4.01. The zero-order valence-electron chi connectivity index (χ0n) is 20.8. The molecule has 7 nitrogen and oxygen atoms in total. The Hall–Kier alpha value is -3.13. The SMILES string of the molecule is CC(=O)N1CCN(c2ccc3c(c2)CCN(c2ccc(N4CC[C@@H](N(C)C)C4)c(F)c2)C3=O)CC1. The summed E-state index contributed by atoms with van der Waals surface area (Å²) in [5, 5.41) is 0. The minimum atomic E-state index is -0.277. The van der Waals surface area contributed by atoms with E-state index in [1.807, 2.05) is 29.2 Å². The van der Waals surface area contributed by atoms with Gasteiger partial charge in [0.2, 0.25) is 5.91 Å². The predicted octanol–water partition coefficient (Wildman–Crippen LogP) is 2.84. The molecule has 8 heteroatoms. The highest BCUT2D eigenvalue weighted by Gasteiger charge is 2.29. The molecule has 186 valence electrons. The third-order valence-electron chi connectivity index (χ3n) is 7.74. The molecule has 0 aliphatic carbocycles. The van der Waals surface area contributed by atoms with Gasteiger partial charge in [0, 0.05) is 75.7 Å². The molecule has 3 aliphatic heterocycles. The highest BCUT2D eigenvalue weighted by Crippen LogP contribution is 2.32. The van der Waals surface area contributed by atoms with Crippen LogP contribution in [-0.4, -0.2) is 87.6 Å². The summed E-state index contributed by atoms with van der Waals surface area (Å²) in [4.78, 5) is 35.0. The molecule has 35 heavy (non-hydrogen) atoms. The number of carbonyl (C=O) groups is 2. The van der Waals surface area contributed by atoms with Crippen molar-refractivity contribution in [1.29, 1.82) is 0 Å². The zero-order chi connectivity index (χ0) is 24.7. The molecule has 0 radical (unpaired) electrons. The molecule has 2 aromatic rings. The number of benzene rings is 2. The van der Waals surface area contributed by atoms with Crippen LogP contribution < -0.4 is 14.7 Å². The number of amides is 2. The lowest BCUT2D eigenvalue weighted by Crippen LogP contribution is -2.48. The van der Waals surface area contributed by atoms with Gasteiger partial charge in [-0.3, -0.25) is 9.59 Å². The molecule has 0 N–H and O–H groups in total. The normalized spacial score (nSPS) is 20.6. The van der Waals surface area contributed by atoms with E-state index in [1.54, 1.807) is 11.8 Å². The molecule has 2 amide bonds. The number of nitrogens with zero attached hydrogens (tertiary/aromatic N) is 5. The largest absolute Gasteiger partial charge is 0.368 e. The van der Waals surface area contributed by atoms with Crippen LogP contribution in [0.15, 0.2) is 36.4 Å². The lowest BCUT2D eigenvalue weighted by Gasteiger charge is -2.36. The zero-order valence-corrected chi connectivity index (χ0v) is 20.8. The Morgan fingerprint density at radius 2 is 1.69 bits per heavy atom. The Bertz CT molecular complexity index is 1130. The Morgan fingerprint density at radius 1 is 0.943 bits per heavy atom. The Balaban J connectivity index is 1.29. The Labute approximate surface area is 206 Å². The van der Waals surface area contributed by atoms with Crippen molar-refractivity contribution < 1.29 is 14.0 Å². The van der Waals surface area contributed by atoms with Crippen molar-refractivity contribution >= 4 is 28.9 Å². The van der Waals surface area contributed by atoms with Gasteiger partial charge < -0.3 is 24.5 Å². The van der Waals surface area contributed by atoms with E-state index < -0.39 is 0 Å². The predicted molar refractivity (Wildman–Crippen MR) is 137 cm³/mol. The molecule has 0 spiro atoms. The van der Waals surface area contributed by atoms with Crippen LogP contribution in [0, 0.1) is 5.82 Å². The number of hydrogen-bond acceptors (Lipinski definition) is 5. The van der Waals surface area contributed by atoms with E-state index in [1.165, 1.54) is 6.07 Å². The second-order valence-electron chi connectivity index (χ2n) is 10.0. The molecule has 0 saturated carbocycles. The van der Waals surface area contributed by atoms with Gasteiger partial charge in [-0.25, -0.2) is 4.39 Å². The topological polar surface area (TPSA) is 50.3 Å². The first kappa shape index (κ1) is 23.6. The van der Waals surface area contributed by atoms with Gasteiger partial charge in [0.05, 0.1) is 5.69 Å². The lowest BCUT2D eigenvalue weighted by molar-refractivity contribution is -0.129. The van der Waals surface area contributed by atoms with Crippen molar-refractivity contribution in [3.63, 3.8) is 0 Å². The first-order chi connectivity index (χ1) is 16.8. The Morgan fingerprint density at radius 3 is 2.34 bits per heavy atom. The van der Waals surface area contributed by atoms with E-state index in [9.17, 15) is 9.59 Å². The maximum Gasteiger partial charge on any atom is 0.258 e. The van der Waals surface area contributed by atoms with Crippen molar-refractivity contribution in [2.75, 3.05) is 74.6 Å². The van der Waals surface area contributed by atoms with Crippen LogP contribution >= 0.6 is 0 Å². The molecule has 2 aromatic carbocycles. The number of piperazine rings is 1. The highest BCUT2D eigenvalue weighted by atomic mass is 19.1. The van der Waals surface area contributed by atoms with Crippen LogP contribution in [0.2, 0.25) is 0 Å². The van der Waals surface area contributed by atoms with Crippen LogP contribution in [0.3, 0.4) is 0 Å². The molecule has 5 rings (SSSR count). The van der Waals surface area contributed by atoms with Crippen molar-refractivity contribution in [1.82, 2.24) is 9.80 Å². The molecule has 3 heterocycles. The fourth-order valence-electron chi connectivity index (χ4n) is 5.50. The van der Waals surface area contributed by atoms with Crippen molar-refractivity contribution in [3.05, 3.63) is 53.3 Å². The number of anilines is 3. The molecule has 1 atom stereocenters. The third-order valence-corrected chi connectivity index (χ3v) is 7.74. The van der Waals surface area contributed by atoms with E-state index in [0.29, 0.717) is 42.6 Å². The summed E-state index contributed by atoms with van der Waals surface area (Å²) in [6.07, 6.45) is 1.74. The summed E-state index contributed by atoms with van der Waals surface area (Å²) < 4.78 is 15.1. The van der Waals surface area contributed by atoms with Crippen LogP contribution in [0.1, 0.15) is 29.3 Å². The van der Waals surface area contributed by atoms with Crippen LogP contribution in [0.5, 0.6) is 0 Å². The summed E-state index contributed by atoms with van der Waals surface area (Å²) >= 11 is 0. The average molecular weight is 480 g/mol. The molecule has 0 bridgehead atoms. The number of likely N-dealkylation sites (N-methyl/N-ethyl adjacent to an activating group) is 1. The maximum atomic E-state index is 15.1. The van der Waals surface area contributed by atoms with E-state index in [4.69, 9.17) is 0 Å². The smallest absolute Gasteiger partial charge is 0.258 e. The second-order valence-corrected chi connectivity index (χ2v) is 10.0. The van der Waals surface area contributed by atoms with Gasteiger partial charge >= 0.3 is 0 Å². The number of hydrogen-bond donors (Lipinski definition) is 0. The van der Waals surface area contributed by atoms with Crippen molar-refractivity contribution in [2.45, 2.75) is 25.8 Å². The number of rotatable bonds is 4. The van der Waals surface area contributed by atoms with Gasteiger partial charge in [0.15, 0.2) is 0 Å². The van der Waals surface area contributed by atoms with Crippen molar-refractivity contribution in [2.24, 2.45) is 0 Å². The number of fused-ring (bicyclic) bond motifs is 1. The first-order valence-electron chi connectivity index (χ1n) is 12.5. The quantitative estimate of drug-likeness (QED) is 0.675. The van der Waals surface area contributed by atoms with E-state index in [0.717, 1.165) is 50.3 Å². The summed E-state index contributed by atoms with van der Waals surface area (Å²) in [6.45, 7) is 6.79. The molecule has 0 unspecified atom stereocenters. The number of carbonyl (C=O) groups excluding carboxylic acids is 2. The van der Waals surface area contributed by atoms with E-state index in [2.05, 4.69) is 34.9 Å². The molecule has 2 fully saturated rings. The van der Waals surface area contributed by atoms with E-state index in [-0.39, 0.29) is 17.6 Å². The fourth-order valence-corrected chi connectivity index (χ4v) is 5.50. The van der Waals surface area contributed by atoms with E-state index >= 15 is 4.39 Å². The standard InChI is InChI=1S/C27H34FN5O2/c1-19(34)30-12-14-31(15-13-30)21-4-6-24-20(16-21)8-11-33(27(24)35)22-5-7-26(25(28)17-22)32-10-9-23(18-32)29(2)3/h4-7,16-17,23H,8-15,18H2,1-3H3/t23-/m1/s1. The minimum absolute atomic E-state index is 0.0832. The number of halogens is 1. The second kappa shape index (κ2) is 9.49. The average Bonchev–Trinajstić information content (AvgIpc) is 3.34. The summed E-state index contributed by atoms with van der Waals surface area (Å²) in [7, 11) is 4.12. The molecular weight excluding hydrogens is 445 g/mol. The van der Waals surface area contributed by atoms with Gasteiger partial charge in [-0.15, -0.1) is 0 Å². The molecular formula is C27H34FN5O2. The van der Waals surface area contributed by atoms with Gasteiger partial charge in [0.1, 0.15) is 5.82 Å². The Kier molecular flexibility index (Phi) is 6.40. The van der Waals surface area contributed by atoms with Crippen LogP contribution in [-0.2, 0) is 11.2 Å². The van der Waals surface area contributed by atoms with Crippen LogP contribution in [0.25, 0.3) is 0 Å². The minimum Gasteiger partial charge on any atom is -0.368 e. The first-order valence-corrected chi connectivity index (χ1v) is 12.5. The summed E-state index contributed by atoms with van der Waals surface area (Å²) in [5.74, 6) is -0.246. The molecule has 2 saturated heterocycles. The van der Waals surface area contributed by atoms with Gasteiger partial charge in [-0.05, 0) is 68.9 Å². The monoisotopic (exact) mass is 479 g/mol. The maximum absolute atomic E-state index is 15.1. The van der Waals surface area contributed by atoms with Gasteiger partial charge in [-0.1, -0.05) is 0 Å². The third kappa shape index (κ3) is 4.59. The van der Waals surface area contributed by atoms with Gasteiger partial charge in [-0.2, -0.15) is 0 Å². The van der Waals surface area contributed by atoms with Crippen LogP contribution in [0.4, 0.5) is 21.5 Å². The molecule has 3 aliphatic rings. The van der Waals surface area contributed by atoms with Gasteiger partial charge in [0.25, 0.3) is 5.91 Å². The molecule has 0 aromatic heterocycles.